The summed E-state index contributed by atoms with van der Waals surface area (Å²) in [4.78, 5) is 11.7. The minimum Gasteiger partial charge on any atom is -0.352 e. The maximum atomic E-state index is 11.7. The van der Waals surface area contributed by atoms with Gasteiger partial charge in [0.05, 0.1) is 0 Å². The van der Waals surface area contributed by atoms with E-state index in [9.17, 15) is 4.79 Å². The molecule has 74 valence electrons. The lowest BCUT2D eigenvalue weighted by atomic mass is 9.84. The monoisotopic (exact) mass is 245 g/mol. The Morgan fingerprint density at radius 2 is 2.31 bits per heavy atom. The quantitative estimate of drug-likeness (QED) is 0.760. The lowest BCUT2D eigenvalue weighted by Crippen LogP contribution is -2.47. The molecule has 0 aliphatic heterocycles. The van der Waals surface area contributed by atoms with Gasteiger partial charge < -0.3 is 5.32 Å². The van der Waals surface area contributed by atoms with Crippen LogP contribution in [0, 0.1) is 5.92 Å². The van der Waals surface area contributed by atoms with Gasteiger partial charge in [0.2, 0.25) is 5.91 Å². The van der Waals surface area contributed by atoms with Crippen molar-refractivity contribution in [2.75, 3.05) is 0 Å². The molecule has 3 heteroatoms. The summed E-state index contributed by atoms with van der Waals surface area (Å²) in [5.74, 6) is 0.972. The summed E-state index contributed by atoms with van der Waals surface area (Å²) in [7, 11) is 0. The molecule has 0 aromatic heterocycles. The predicted octanol–water partition coefficient (Wildman–Crippen LogP) is 2.22. The summed E-state index contributed by atoms with van der Waals surface area (Å²) >= 11 is 3.52. The molecule has 1 amide bonds. The fourth-order valence-corrected chi connectivity index (χ4v) is 2.56. The molecule has 1 N–H and O–H groups in total. The molecule has 2 unspecified atom stereocenters. The molecule has 0 aromatic rings. The van der Waals surface area contributed by atoms with E-state index < -0.39 is 0 Å². The second-order valence-electron chi connectivity index (χ2n) is 4.30. The van der Waals surface area contributed by atoms with E-state index in [4.69, 9.17) is 0 Å². The van der Waals surface area contributed by atoms with Gasteiger partial charge in [-0.15, -0.1) is 0 Å². The van der Waals surface area contributed by atoms with Gasteiger partial charge in [-0.1, -0.05) is 29.3 Å². The Kier molecular flexibility index (Phi) is 2.39. The first kappa shape index (κ1) is 9.50. The molecule has 2 aliphatic carbocycles. The van der Waals surface area contributed by atoms with Gasteiger partial charge in [0.15, 0.2) is 0 Å². The number of rotatable bonds is 3. The highest BCUT2D eigenvalue weighted by molar-refractivity contribution is 9.10. The Balaban J connectivity index is 1.79. The molecule has 0 aromatic carbocycles. The molecule has 0 radical (unpaired) electrons. The van der Waals surface area contributed by atoms with Gasteiger partial charge in [-0.2, -0.15) is 0 Å². The molecule has 2 nitrogen and oxygen atoms in total. The topological polar surface area (TPSA) is 29.1 Å². The van der Waals surface area contributed by atoms with Crippen LogP contribution in [0.5, 0.6) is 0 Å². The molecule has 0 heterocycles. The van der Waals surface area contributed by atoms with Crippen LogP contribution >= 0.6 is 15.9 Å². The third kappa shape index (κ3) is 1.76. The number of alkyl halides is 1. The molecule has 0 spiro atoms. The third-order valence-corrected chi connectivity index (χ3v) is 4.47. The van der Waals surface area contributed by atoms with E-state index in [0.29, 0.717) is 6.04 Å². The number of hydrogen-bond donors (Lipinski definition) is 1. The van der Waals surface area contributed by atoms with E-state index in [0.717, 1.165) is 18.8 Å². The number of amides is 1. The predicted molar refractivity (Wildman–Crippen MR) is 55.8 cm³/mol. The molecule has 0 bridgehead atoms. The molecule has 2 atom stereocenters. The first-order chi connectivity index (χ1) is 6.15. The van der Waals surface area contributed by atoms with Crippen LogP contribution in [0.15, 0.2) is 0 Å². The molecular formula is C10H16BrNO. The van der Waals surface area contributed by atoms with E-state index >= 15 is 0 Å². The molecule has 2 aliphatic rings. The Morgan fingerprint density at radius 1 is 1.62 bits per heavy atom. The van der Waals surface area contributed by atoms with Crippen LogP contribution in [0.2, 0.25) is 0 Å². The van der Waals surface area contributed by atoms with Gasteiger partial charge in [-0.3, -0.25) is 4.79 Å². The average molecular weight is 246 g/mol. The van der Waals surface area contributed by atoms with Gasteiger partial charge in [-0.05, 0) is 31.6 Å². The second-order valence-corrected chi connectivity index (χ2v) is 5.82. The van der Waals surface area contributed by atoms with Crippen molar-refractivity contribution in [3.63, 3.8) is 0 Å². The number of hydrogen-bond acceptors (Lipinski definition) is 1. The standard InChI is InChI=1S/C10H16BrNO/c1-2-7-6-8(7)12-9(13)10(11)4-3-5-10/h7-8H,2-6H2,1H3,(H,12,13). The van der Waals surface area contributed by atoms with Crippen molar-refractivity contribution in [2.45, 2.75) is 49.4 Å². The van der Waals surface area contributed by atoms with Crippen molar-refractivity contribution < 1.29 is 4.79 Å². The zero-order valence-corrected chi connectivity index (χ0v) is 9.56. The van der Waals surface area contributed by atoms with E-state index in [1.807, 2.05) is 0 Å². The van der Waals surface area contributed by atoms with Crippen molar-refractivity contribution in [1.82, 2.24) is 5.32 Å². The SMILES string of the molecule is CCC1CC1NC(=O)C1(Br)CCC1. The van der Waals surface area contributed by atoms with E-state index in [1.54, 1.807) is 0 Å². The summed E-state index contributed by atoms with van der Waals surface area (Å²) < 4.78 is -0.201. The lowest BCUT2D eigenvalue weighted by molar-refractivity contribution is -0.125. The first-order valence-corrected chi connectivity index (χ1v) is 5.95. The molecule has 0 saturated heterocycles. The van der Waals surface area contributed by atoms with Gasteiger partial charge in [0, 0.05) is 6.04 Å². The normalized spacial score (nSPS) is 34.9. The van der Waals surface area contributed by atoms with Crippen LogP contribution in [0.1, 0.15) is 39.0 Å². The van der Waals surface area contributed by atoms with Crippen LogP contribution in [-0.4, -0.2) is 16.3 Å². The van der Waals surface area contributed by atoms with E-state index in [2.05, 4.69) is 28.2 Å². The summed E-state index contributed by atoms with van der Waals surface area (Å²) in [6.07, 6.45) is 5.57. The van der Waals surface area contributed by atoms with Gasteiger partial charge in [0.25, 0.3) is 0 Å². The van der Waals surface area contributed by atoms with E-state index in [-0.39, 0.29) is 10.2 Å². The van der Waals surface area contributed by atoms with Gasteiger partial charge in [-0.25, -0.2) is 0 Å². The van der Waals surface area contributed by atoms with Gasteiger partial charge >= 0.3 is 0 Å². The summed E-state index contributed by atoms with van der Waals surface area (Å²) in [6.45, 7) is 2.18. The first-order valence-electron chi connectivity index (χ1n) is 5.15. The zero-order chi connectivity index (χ0) is 9.47. The summed E-state index contributed by atoms with van der Waals surface area (Å²) in [5.41, 5.74) is 0. The Morgan fingerprint density at radius 3 is 2.69 bits per heavy atom. The summed E-state index contributed by atoms with van der Waals surface area (Å²) in [5, 5.41) is 3.11. The van der Waals surface area contributed by atoms with Crippen molar-refractivity contribution in [3.8, 4) is 0 Å². The fraction of sp³-hybridized carbons (Fsp3) is 0.900. The number of nitrogens with one attached hydrogen (secondary N) is 1. The third-order valence-electron chi connectivity index (χ3n) is 3.32. The maximum absolute atomic E-state index is 11.7. The molecule has 2 saturated carbocycles. The van der Waals surface area contributed by atoms with E-state index in [1.165, 1.54) is 19.3 Å². The Hall–Kier alpha value is -0.0500. The van der Waals surface area contributed by atoms with Crippen LogP contribution in [-0.2, 0) is 4.79 Å². The Labute approximate surface area is 87.6 Å². The largest absolute Gasteiger partial charge is 0.352 e. The minimum atomic E-state index is -0.201. The minimum absolute atomic E-state index is 0.201. The lowest BCUT2D eigenvalue weighted by Gasteiger charge is -2.34. The maximum Gasteiger partial charge on any atom is 0.237 e. The molecule has 13 heavy (non-hydrogen) atoms. The van der Waals surface area contributed by atoms with Crippen LogP contribution < -0.4 is 5.32 Å². The van der Waals surface area contributed by atoms with Gasteiger partial charge in [0.1, 0.15) is 4.32 Å². The smallest absolute Gasteiger partial charge is 0.237 e. The van der Waals surface area contributed by atoms with Crippen molar-refractivity contribution in [2.24, 2.45) is 5.92 Å². The van der Waals surface area contributed by atoms with Crippen molar-refractivity contribution in [3.05, 3.63) is 0 Å². The highest BCUT2D eigenvalue weighted by Crippen LogP contribution is 2.42. The Bertz CT molecular complexity index is 225. The number of halogens is 1. The van der Waals surface area contributed by atoms with Crippen molar-refractivity contribution >= 4 is 21.8 Å². The van der Waals surface area contributed by atoms with Crippen LogP contribution in [0.25, 0.3) is 0 Å². The average Bonchev–Trinajstić information content (AvgIpc) is 2.79. The second kappa shape index (κ2) is 3.26. The molecule has 2 fully saturated rings. The molecular weight excluding hydrogens is 230 g/mol. The number of carbonyl (C=O) groups excluding carboxylic acids is 1. The highest BCUT2D eigenvalue weighted by atomic mass is 79.9. The van der Waals surface area contributed by atoms with Crippen LogP contribution in [0.3, 0.4) is 0 Å². The van der Waals surface area contributed by atoms with Crippen LogP contribution in [0.4, 0.5) is 0 Å². The zero-order valence-electron chi connectivity index (χ0n) is 7.98. The molecule has 2 rings (SSSR count). The summed E-state index contributed by atoms with van der Waals surface area (Å²) in [6, 6.07) is 0.479. The fourth-order valence-electron chi connectivity index (χ4n) is 1.89. The highest BCUT2D eigenvalue weighted by Gasteiger charge is 2.45. The van der Waals surface area contributed by atoms with Crippen molar-refractivity contribution in [1.29, 1.82) is 0 Å². The number of carbonyl (C=O) groups is 1.